The van der Waals surface area contributed by atoms with Gasteiger partial charge in [0.2, 0.25) is 11.1 Å². The molecule has 23 heavy (non-hydrogen) atoms. The Morgan fingerprint density at radius 1 is 1.26 bits per heavy atom. The maximum absolute atomic E-state index is 12.1. The maximum Gasteiger partial charge on any atom is 0.227 e. The van der Waals surface area contributed by atoms with Crippen LogP contribution in [0, 0.1) is 11.8 Å². The Balaban J connectivity index is 1.77. The van der Waals surface area contributed by atoms with Crippen molar-refractivity contribution in [3.05, 3.63) is 23.2 Å². The highest BCUT2D eigenvalue weighted by Gasteiger charge is 2.34. The van der Waals surface area contributed by atoms with E-state index in [0.29, 0.717) is 11.6 Å². The summed E-state index contributed by atoms with van der Waals surface area (Å²) in [6, 6.07) is 5.68. The summed E-state index contributed by atoms with van der Waals surface area (Å²) in [6.07, 6.45) is 2.51. The smallest absolute Gasteiger partial charge is 0.227 e. The van der Waals surface area contributed by atoms with Gasteiger partial charge in [0.1, 0.15) is 0 Å². The van der Waals surface area contributed by atoms with Crippen LogP contribution in [0.3, 0.4) is 0 Å². The molecule has 4 nitrogen and oxygen atoms in total. The number of nitrogens with zero attached hydrogens (tertiary/aromatic N) is 2. The summed E-state index contributed by atoms with van der Waals surface area (Å²) in [5.74, 6) is 0.252. The molecule has 6 heteroatoms. The summed E-state index contributed by atoms with van der Waals surface area (Å²) >= 11 is 12.0. The van der Waals surface area contributed by atoms with Gasteiger partial charge in [0, 0.05) is 31.7 Å². The van der Waals surface area contributed by atoms with Gasteiger partial charge in [0.05, 0.1) is 16.6 Å². The van der Waals surface area contributed by atoms with Crippen LogP contribution in [0.1, 0.15) is 26.2 Å². The summed E-state index contributed by atoms with van der Waals surface area (Å²) in [5, 5.41) is 0.191. The molecule has 0 aliphatic carbocycles. The summed E-state index contributed by atoms with van der Waals surface area (Å²) in [5.41, 5.74) is 1.74. The Labute approximate surface area is 146 Å². The van der Waals surface area contributed by atoms with Crippen LogP contribution in [0.4, 0.5) is 11.4 Å². The second kappa shape index (κ2) is 6.70. The zero-order valence-electron chi connectivity index (χ0n) is 13.1. The molecule has 1 amide bonds. The van der Waals surface area contributed by atoms with E-state index in [1.807, 2.05) is 18.2 Å². The van der Waals surface area contributed by atoms with E-state index in [1.165, 1.54) is 12.8 Å². The minimum Gasteiger partial charge on any atom is -0.370 e. The van der Waals surface area contributed by atoms with E-state index in [-0.39, 0.29) is 12.3 Å². The lowest BCUT2D eigenvalue weighted by Crippen LogP contribution is -2.33. The van der Waals surface area contributed by atoms with E-state index in [1.54, 1.807) is 4.90 Å². The fraction of sp³-hybridized carbons (Fsp3) is 0.529. The first-order chi connectivity index (χ1) is 11.0. The largest absolute Gasteiger partial charge is 0.370 e. The first kappa shape index (κ1) is 16.6. The molecule has 2 aliphatic rings. The van der Waals surface area contributed by atoms with E-state index < -0.39 is 11.2 Å². The minimum atomic E-state index is -0.453. The molecule has 1 atom stereocenters. The Morgan fingerprint density at radius 3 is 2.52 bits per heavy atom. The average molecular weight is 355 g/mol. The zero-order valence-corrected chi connectivity index (χ0v) is 14.6. The molecule has 2 heterocycles. The van der Waals surface area contributed by atoms with Gasteiger partial charge in [-0.2, -0.15) is 0 Å². The van der Waals surface area contributed by atoms with Crippen molar-refractivity contribution in [2.24, 2.45) is 11.8 Å². The number of hydrogen-bond acceptors (Lipinski definition) is 3. The number of hydrogen-bond donors (Lipinski definition) is 0. The Kier molecular flexibility index (Phi) is 4.83. The van der Waals surface area contributed by atoms with Gasteiger partial charge in [0.25, 0.3) is 0 Å². The van der Waals surface area contributed by atoms with Crippen molar-refractivity contribution in [1.29, 1.82) is 0 Å². The van der Waals surface area contributed by atoms with E-state index in [0.717, 1.165) is 30.4 Å². The normalized spacial score (nSPS) is 22.7. The number of carbonyl (C=O) groups excluding carboxylic acids is 2. The third-order valence-corrected chi connectivity index (χ3v) is 5.42. The van der Waals surface area contributed by atoms with Crippen molar-refractivity contribution in [2.45, 2.75) is 26.2 Å². The standard InChI is InChI=1S/C17H20Cl2N2O2/c1-11-4-6-20(7-5-11)15-3-2-13(9-14(15)18)21-10-12(17(19)23)8-16(21)22/h2-3,9,11-12H,4-8,10H2,1H3/t12-/m1/s1. The highest BCUT2D eigenvalue weighted by atomic mass is 35.5. The second-order valence-corrected chi connectivity index (χ2v) is 7.29. The van der Waals surface area contributed by atoms with Crippen LogP contribution < -0.4 is 9.80 Å². The van der Waals surface area contributed by atoms with Crippen LogP contribution in [-0.4, -0.2) is 30.8 Å². The lowest BCUT2D eigenvalue weighted by atomic mass is 9.99. The van der Waals surface area contributed by atoms with Gasteiger partial charge in [-0.05, 0) is 48.6 Å². The van der Waals surface area contributed by atoms with Crippen molar-refractivity contribution >= 4 is 45.7 Å². The Bertz CT molecular complexity index is 627. The molecule has 2 saturated heterocycles. The summed E-state index contributed by atoms with van der Waals surface area (Å²) < 4.78 is 0. The highest BCUT2D eigenvalue weighted by molar-refractivity contribution is 6.64. The Hall–Kier alpha value is -1.26. The molecule has 0 unspecified atom stereocenters. The zero-order chi connectivity index (χ0) is 16.6. The van der Waals surface area contributed by atoms with Crippen LogP contribution in [0.15, 0.2) is 18.2 Å². The third kappa shape index (κ3) is 3.48. The van der Waals surface area contributed by atoms with Gasteiger partial charge < -0.3 is 9.80 Å². The second-order valence-electron chi connectivity index (χ2n) is 6.51. The number of halogens is 2. The van der Waals surface area contributed by atoms with Gasteiger partial charge >= 0.3 is 0 Å². The quantitative estimate of drug-likeness (QED) is 0.777. The topological polar surface area (TPSA) is 40.6 Å². The summed E-state index contributed by atoms with van der Waals surface area (Å²) in [4.78, 5) is 27.3. The van der Waals surface area contributed by atoms with E-state index in [4.69, 9.17) is 23.2 Å². The van der Waals surface area contributed by atoms with E-state index >= 15 is 0 Å². The highest BCUT2D eigenvalue weighted by Crippen LogP contribution is 2.35. The van der Waals surface area contributed by atoms with Crippen molar-refractivity contribution in [3.63, 3.8) is 0 Å². The molecule has 0 saturated carbocycles. The van der Waals surface area contributed by atoms with Crippen LogP contribution in [-0.2, 0) is 9.59 Å². The average Bonchev–Trinajstić information content (AvgIpc) is 2.90. The number of amides is 1. The molecule has 0 radical (unpaired) electrons. The lowest BCUT2D eigenvalue weighted by molar-refractivity contribution is -0.120. The number of rotatable bonds is 3. The summed E-state index contributed by atoms with van der Waals surface area (Å²) in [7, 11) is 0. The first-order valence-corrected chi connectivity index (χ1v) is 8.75. The number of anilines is 2. The van der Waals surface area contributed by atoms with Crippen LogP contribution in [0.5, 0.6) is 0 Å². The van der Waals surface area contributed by atoms with Crippen molar-refractivity contribution in [2.75, 3.05) is 29.4 Å². The predicted molar refractivity (Wildman–Crippen MR) is 93.4 cm³/mol. The predicted octanol–water partition coefficient (Wildman–Crippen LogP) is 3.69. The van der Waals surface area contributed by atoms with Crippen LogP contribution >= 0.6 is 23.2 Å². The maximum atomic E-state index is 12.1. The van der Waals surface area contributed by atoms with E-state index in [2.05, 4.69) is 11.8 Å². The number of benzene rings is 1. The van der Waals surface area contributed by atoms with Crippen molar-refractivity contribution in [1.82, 2.24) is 0 Å². The van der Waals surface area contributed by atoms with E-state index in [9.17, 15) is 9.59 Å². The molecule has 124 valence electrons. The van der Waals surface area contributed by atoms with Gasteiger partial charge in [-0.15, -0.1) is 0 Å². The minimum absolute atomic E-state index is 0.0837. The van der Waals surface area contributed by atoms with Gasteiger partial charge in [-0.3, -0.25) is 9.59 Å². The van der Waals surface area contributed by atoms with Gasteiger partial charge in [-0.25, -0.2) is 0 Å². The molecule has 0 spiro atoms. The fourth-order valence-corrected chi connectivity index (χ4v) is 3.72. The molecule has 0 bridgehead atoms. The molecular weight excluding hydrogens is 335 g/mol. The monoisotopic (exact) mass is 354 g/mol. The van der Waals surface area contributed by atoms with Crippen LogP contribution in [0.2, 0.25) is 5.02 Å². The van der Waals surface area contributed by atoms with Crippen LogP contribution in [0.25, 0.3) is 0 Å². The molecule has 0 N–H and O–H groups in total. The molecule has 3 rings (SSSR count). The summed E-state index contributed by atoms with van der Waals surface area (Å²) in [6.45, 7) is 4.62. The molecule has 2 fully saturated rings. The number of carbonyl (C=O) groups is 2. The van der Waals surface area contributed by atoms with Gasteiger partial charge in [0.15, 0.2) is 0 Å². The van der Waals surface area contributed by atoms with Gasteiger partial charge in [-0.1, -0.05) is 18.5 Å². The molecule has 1 aromatic carbocycles. The molecule has 0 aromatic heterocycles. The first-order valence-electron chi connectivity index (χ1n) is 8.00. The Morgan fingerprint density at radius 2 is 1.96 bits per heavy atom. The number of piperidine rings is 1. The third-order valence-electron chi connectivity index (χ3n) is 4.81. The molecular formula is C17H20Cl2N2O2. The van der Waals surface area contributed by atoms with Crippen molar-refractivity contribution < 1.29 is 9.59 Å². The SMILES string of the molecule is CC1CCN(c2ccc(N3C[C@H](C(=O)Cl)CC3=O)cc2Cl)CC1. The van der Waals surface area contributed by atoms with Crippen molar-refractivity contribution in [3.8, 4) is 0 Å². The lowest BCUT2D eigenvalue weighted by Gasteiger charge is -2.33. The fourth-order valence-electron chi connectivity index (χ4n) is 3.28. The molecule has 2 aliphatic heterocycles. The molecule has 1 aromatic rings.